The summed E-state index contributed by atoms with van der Waals surface area (Å²) < 4.78 is 26.6. The van der Waals surface area contributed by atoms with Gasteiger partial charge in [0.25, 0.3) is 0 Å². The minimum Gasteiger partial charge on any atom is -0.396 e. The molecule has 0 saturated carbocycles. The van der Waals surface area contributed by atoms with Gasteiger partial charge in [-0.3, -0.25) is 0 Å². The second-order valence-electron chi connectivity index (χ2n) is 4.11. The first-order chi connectivity index (χ1) is 8.51. The zero-order valence-electron chi connectivity index (χ0n) is 9.45. The smallest absolute Gasteiger partial charge is 0.242 e. The van der Waals surface area contributed by atoms with Gasteiger partial charge in [-0.2, -0.15) is 0 Å². The molecule has 7 heteroatoms. The number of sulfonamides is 1. The summed E-state index contributed by atoms with van der Waals surface area (Å²) >= 11 is 5.60. The first-order valence-electron chi connectivity index (χ1n) is 5.44. The lowest BCUT2D eigenvalue weighted by Gasteiger charge is -2.12. The minimum atomic E-state index is -3.60. The van der Waals surface area contributed by atoms with Crippen molar-refractivity contribution in [3.63, 3.8) is 0 Å². The molecule has 1 aliphatic carbocycles. The van der Waals surface area contributed by atoms with Gasteiger partial charge >= 0.3 is 0 Å². The van der Waals surface area contributed by atoms with Crippen LogP contribution in [0.2, 0.25) is 5.15 Å². The standard InChI is InChI=1S/C11H13ClN2O3S/c12-11-4-3-10(6-13-11)18(16,17)14-9-2-1-8(5-9)7-15/h1-4,6,8-9,14-15H,5,7H2/t8-,9+/m0/s1. The Balaban J connectivity index is 2.09. The summed E-state index contributed by atoms with van der Waals surface area (Å²) in [7, 11) is -3.60. The van der Waals surface area contributed by atoms with Crippen LogP contribution < -0.4 is 4.72 Å². The summed E-state index contributed by atoms with van der Waals surface area (Å²) in [5, 5.41) is 9.22. The molecule has 2 N–H and O–H groups in total. The van der Waals surface area contributed by atoms with Crippen LogP contribution in [0.4, 0.5) is 0 Å². The Morgan fingerprint density at radius 2 is 2.22 bits per heavy atom. The van der Waals surface area contributed by atoms with Crippen molar-refractivity contribution in [2.24, 2.45) is 5.92 Å². The number of hydrogen-bond acceptors (Lipinski definition) is 4. The van der Waals surface area contributed by atoms with Gasteiger partial charge in [-0.1, -0.05) is 23.8 Å². The Bertz CT molecular complexity index is 542. The van der Waals surface area contributed by atoms with Crippen LogP contribution in [0, 0.1) is 5.92 Å². The van der Waals surface area contributed by atoms with Crippen molar-refractivity contribution in [3.8, 4) is 0 Å². The van der Waals surface area contributed by atoms with Gasteiger partial charge in [-0.05, 0) is 18.6 Å². The molecule has 1 heterocycles. The topological polar surface area (TPSA) is 79.3 Å². The van der Waals surface area contributed by atoms with E-state index in [4.69, 9.17) is 16.7 Å². The number of rotatable bonds is 4. The van der Waals surface area contributed by atoms with Crippen LogP contribution in [0.25, 0.3) is 0 Å². The molecule has 0 fully saturated rings. The van der Waals surface area contributed by atoms with Crippen molar-refractivity contribution in [1.82, 2.24) is 9.71 Å². The molecule has 18 heavy (non-hydrogen) atoms. The Morgan fingerprint density at radius 1 is 1.44 bits per heavy atom. The summed E-state index contributed by atoms with van der Waals surface area (Å²) in [6.45, 7) is 0.0250. The summed E-state index contributed by atoms with van der Waals surface area (Å²) in [6.07, 6.45) is 5.35. The first kappa shape index (κ1) is 13.5. The average molecular weight is 289 g/mol. The molecule has 1 aliphatic rings. The number of aliphatic hydroxyl groups excluding tert-OH is 1. The van der Waals surface area contributed by atoms with Gasteiger partial charge in [-0.25, -0.2) is 18.1 Å². The van der Waals surface area contributed by atoms with Crippen LogP contribution in [0.5, 0.6) is 0 Å². The normalized spacial score (nSPS) is 23.4. The predicted molar refractivity (Wildman–Crippen MR) is 67.7 cm³/mol. The fourth-order valence-electron chi connectivity index (χ4n) is 1.79. The third-order valence-electron chi connectivity index (χ3n) is 2.72. The molecule has 1 aromatic heterocycles. The van der Waals surface area contributed by atoms with Crippen LogP contribution in [-0.4, -0.2) is 31.2 Å². The van der Waals surface area contributed by atoms with E-state index in [0.29, 0.717) is 6.42 Å². The number of halogens is 1. The number of nitrogens with zero attached hydrogens (tertiary/aromatic N) is 1. The van der Waals surface area contributed by atoms with E-state index < -0.39 is 10.0 Å². The van der Waals surface area contributed by atoms with Gasteiger partial charge in [0.2, 0.25) is 10.0 Å². The molecule has 1 aromatic rings. The van der Waals surface area contributed by atoms with Crippen molar-refractivity contribution in [2.45, 2.75) is 17.4 Å². The molecule has 0 spiro atoms. The molecule has 0 unspecified atom stereocenters. The van der Waals surface area contributed by atoms with Crippen LogP contribution >= 0.6 is 11.6 Å². The Morgan fingerprint density at radius 3 is 2.78 bits per heavy atom. The Labute approximate surface area is 111 Å². The third-order valence-corrected chi connectivity index (χ3v) is 4.42. The zero-order valence-corrected chi connectivity index (χ0v) is 11.0. The molecule has 0 amide bonds. The van der Waals surface area contributed by atoms with Crippen molar-refractivity contribution >= 4 is 21.6 Å². The van der Waals surface area contributed by atoms with Crippen molar-refractivity contribution in [2.75, 3.05) is 6.61 Å². The van der Waals surface area contributed by atoms with Crippen LogP contribution in [0.15, 0.2) is 35.4 Å². The van der Waals surface area contributed by atoms with E-state index >= 15 is 0 Å². The number of nitrogens with one attached hydrogen (secondary N) is 1. The van der Waals surface area contributed by atoms with Crippen molar-refractivity contribution < 1.29 is 13.5 Å². The summed E-state index contributed by atoms with van der Waals surface area (Å²) in [5.41, 5.74) is 0. The monoisotopic (exact) mass is 288 g/mol. The van der Waals surface area contributed by atoms with E-state index in [1.165, 1.54) is 18.3 Å². The van der Waals surface area contributed by atoms with E-state index in [-0.39, 0.29) is 28.6 Å². The molecule has 0 aliphatic heterocycles. The lowest BCUT2D eigenvalue weighted by atomic mass is 10.1. The van der Waals surface area contributed by atoms with Gasteiger partial charge in [0, 0.05) is 24.8 Å². The summed E-state index contributed by atoms with van der Waals surface area (Å²) in [6, 6.07) is 2.54. The van der Waals surface area contributed by atoms with Gasteiger partial charge in [0.1, 0.15) is 10.0 Å². The van der Waals surface area contributed by atoms with Crippen molar-refractivity contribution in [1.29, 1.82) is 0 Å². The van der Waals surface area contributed by atoms with Gasteiger partial charge in [0.15, 0.2) is 0 Å². The number of aliphatic hydroxyl groups is 1. The highest BCUT2D eigenvalue weighted by Crippen LogP contribution is 2.19. The van der Waals surface area contributed by atoms with Gasteiger partial charge in [0.05, 0.1) is 0 Å². The van der Waals surface area contributed by atoms with Crippen molar-refractivity contribution in [3.05, 3.63) is 35.6 Å². The molecule has 2 atom stereocenters. The summed E-state index contributed by atoms with van der Waals surface area (Å²) in [5.74, 6) is 0.0149. The maximum absolute atomic E-state index is 12.0. The second kappa shape index (κ2) is 5.36. The maximum atomic E-state index is 12.0. The number of pyridine rings is 1. The first-order valence-corrected chi connectivity index (χ1v) is 7.30. The van der Waals surface area contributed by atoms with E-state index in [1.54, 1.807) is 6.08 Å². The molecule has 5 nitrogen and oxygen atoms in total. The molecule has 0 bridgehead atoms. The summed E-state index contributed by atoms with van der Waals surface area (Å²) in [4.78, 5) is 3.82. The van der Waals surface area contributed by atoms with E-state index in [0.717, 1.165) is 0 Å². The highest BCUT2D eigenvalue weighted by molar-refractivity contribution is 7.89. The number of hydrogen-bond donors (Lipinski definition) is 2. The van der Waals surface area contributed by atoms with E-state index in [1.807, 2.05) is 6.08 Å². The maximum Gasteiger partial charge on any atom is 0.242 e. The molecular weight excluding hydrogens is 276 g/mol. The lowest BCUT2D eigenvalue weighted by Crippen LogP contribution is -2.33. The molecule has 0 aromatic carbocycles. The second-order valence-corrected chi connectivity index (χ2v) is 6.21. The highest BCUT2D eigenvalue weighted by Gasteiger charge is 2.24. The van der Waals surface area contributed by atoms with E-state index in [9.17, 15) is 8.42 Å². The molecule has 2 rings (SSSR count). The molecule has 0 radical (unpaired) electrons. The largest absolute Gasteiger partial charge is 0.396 e. The molecule has 0 saturated heterocycles. The Kier molecular flexibility index (Phi) is 4.01. The average Bonchev–Trinajstić information content (AvgIpc) is 2.76. The lowest BCUT2D eigenvalue weighted by molar-refractivity contribution is 0.248. The number of aromatic nitrogens is 1. The SMILES string of the molecule is O=S(=O)(N[C@@H]1C=C[C@H](CO)C1)c1ccc(Cl)nc1. The fourth-order valence-corrected chi connectivity index (χ4v) is 3.05. The quantitative estimate of drug-likeness (QED) is 0.639. The Hall–Kier alpha value is -0.950. The fraction of sp³-hybridized carbons (Fsp3) is 0.364. The van der Waals surface area contributed by atoms with Gasteiger partial charge < -0.3 is 5.11 Å². The van der Waals surface area contributed by atoms with E-state index in [2.05, 4.69) is 9.71 Å². The van der Waals surface area contributed by atoms with Crippen LogP contribution in [0.3, 0.4) is 0 Å². The predicted octanol–water partition coefficient (Wildman–Crippen LogP) is 0.950. The minimum absolute atomic E-state index is 0.0149. The molecule has 98 valence electrons. The zero-order chi connectivity index (χ0) is 13.2. The van der Waals surface area contributed by atoms with Crippen LogP contribution in [-0.2, 0) is 10.0 Å². The highest BCUT2D eigenvalue weighted by atomic mass is 35.5. The molecular formula is C11H13ClN2O3S. The third kappa shape index (κ3) is 3.08. The van der Waals surface area contributed by atoms with Gasteiger partial charge in [-0.15, -0.1) is 0 Å². The van der Waals surface area contributed by atoms with Crippen LogP contribution in [0.1, 0.15) is 6.42 Å².